The number of unbranched alkanes of at least 4 members (excludes halogenated alkanes) is 9. The number of anilines is 1. The topological polar surface area (TPSA) is 39.7 Å². The molecule has 1 N–H and O–H groups in total. The maximum absolute atomic E-state index is 5.66. The Morgan fingerprint density at radius 3 is 1.96 bits per heavy atom. The monoisotopic (exact) mass is 379 g/mol. The van der Waals surface area contributed by atoms with Crippen molar-refractivity contribution >= 4 is 5.69 Å². The van der Waals surface area contributed by atoms with E-state index in [0.717, 1.165) is 18.0 Å². The van der Waals surface area contributed by atoms with Crippen molar-refractivity contribution in [3.8, 4) is 5.75 Å². The van der Waals surface area contributed by atoms with Gasteiger partial charge in [0.1, 0.15) is 12.4 Å². The maximum atomic E-state index is 5.66. The van der Waals surface area contributed by atoms with Gasteiger partial charge in [0.15, 0.2) is 0 Å². The molecule has 0 fully saturated rings. The van der Waals surface area contributed by atoms with E-state index in [2.05, 4.69) is 12.2 Å². The van der Waals surface area contributed by atoms with Crippen molar-refractivity contribution < 1.29 is 14.2 Å². The highest BCUT2D eigenvalue weighted by Crippen LogP contribution is 2.16. The Bertz CT molecular complexity index is 439. The first-order valence-electron chi connectivity index (χ1n) is 10.9. The zero-order valence-electron chi connectivity index (χ0n) is 17.6. The Morgan fingerprint density at radius 1 is 0.704 bits per heavy atom. The van der Waals surface area contributed by atoms with Gasteiger partial charge in [-0.15, -0.1) is 0 Å². The number of hydrogen-bond donors (Lipinski definition) is 1. The summed E-state index contributed by atoms with van der Waals surface area (Å²) in [6.07, 6.45) is 13.6. The normalized spacial score (nSPS) is 10.9. The largest absolute Gasteiger partial charge is 0.491 e. The van der Waals surface area contributed by atoms with Gasteiger partial charge in [0.2, 0.25) is 0 Å². The highest BCUT2D eigenvalue weighted by Gasteiger charge is 1.96. The SMILES string of the molecule is CCCCCCCCCCCCOCCOCCOc1cccc(NC)c1. The van der Waals surface area contributed by atoms with Crippen LogP contribution in [0.3, 0.4) is 0 Å². The smallest absolute Gasteiger partial charge is 0.121 e. The summed E-state index contributed by atoms with van der Waals surface area (Å²) in [4.78, 5) is 0. The molecule has 4 heteroatoms. The third kappa shape index (κ3) is 14.5. The third-order valence-electron chi connectivity index (χ3n) is 4.63. The Kier molecular flexibility index (Phi) is 16.0. The molecular weight excluding hydrogens is 338 g/mol. The lowest BCUT2D eigenvalue weighted by Crippen LogP contribution is -2.11. The van der Waals surface area contributed by atoms with E-state index in [-0.39, 0.29) is 0 Å². The molecular formula is C23H41NO3. The van der Waals surface area contributed by atoms with Crippen molar-refractivity contribution in [2.45, 2.75) is 71.1 Å². The molecule has 4 nitrogen and oxygen atoms in total. The number of rotatable bonds is 19. The summed E-state index contributed by atoms with van der Waals surface area (Å²) in [7, 11) is 1.90. The summed E-state index contributed by atoms with van der Waals surface area (Å²) in [5.74, 6) is 0.864. The second kappa shape index (κ2) is 18.1. The van der Waals surface area contributed by atoms with Crippen LogP contribution in [0.4, 0.5) is 5.69 Å². The molecule has 0 bridgehead atoms. The molecule has 0 aliphatic carbocycles. The summed E-state index contributed by atoms with van der Waals surface area (Å²) in [5, 5.41) is 3.10. The lowest BCUT2D eigenvalue weighted by atomic mass is 10.1. The summed E-state index contributed by atoms with van der Waals surface area (Å²) in [5.41, 5.74) is 1.05. The molecule has 1 aromatic carbocycles. The zero-order chi connectivity index (χ0) is 19.4. The van der Waals surface area contributed by atoms with Crippen molar-refractivity contribution in [3.05, 3.63) is 24.3 Å². The van der Waals surface area contributed by atoms with E-state index in [1.54, 1.807) is 0 Å². The highest BCUT2D eigenvalue weighted by molar-refractivity contribution is 5.47. The van der Waals surface area contributed by atoms with Crippen molar-refractivity contribution in [3.63, 3.8) is 0 Å². The minimum Gasteiger partial charge on any atom is -0.491 e. The van der Waals surface area contributed by atoms with Crippen LogP contribution in [0.15, 0.2) is 24.3 Å². The average Bonchev–Trinajstić information content (AvgIpc) is 2.70. The van der Waals surface area contributed by atoms with E-state index in [4.69, 9.17) is 14.2 Å². The van der Waals surface area contributed by atoms with Crippen molar-refractivity contribution in [1.82, 2.24) is 0 Å². The molecule has 0 heterocycles. The van der Waals surface area contributed by atoms with E-state index in [9.17, 15) is 0 Å². The minimum atomic E-state index is 0.561. The Balaban J connectivity index is 1.76. The van der Waals surface area contributed by atoms with E-state index in [1.807, 2.05) is 31.3 Å². The van der Waals surface area contributed by atoms with E-state index >= 15 is 0 Å². The van der Waals surface area contributed by atoms with Gasteiger partial charge in [-0.1, -0.05) is 70.8 Å². The average molecular weight is 380 g/mol. The van der Waals surface area contributed by atoms with Crippen LogP contribution in [-0.4, -0.2) is 40.1 Å². The molecule has 0 aliphatic rings. The van der Waals surface area contributed by atoms with E-state index < -0.39 is 0 Å². The van der Waals surface area contributed by atoms with Crippen molar-refractivity contribution in [1.29, 1.82) is 0 Å². The van der Waals surface area contributed by atoms with Gasteiger partial charge >= 0.3 is 0 Å². The second-order valence-corrected chi connectivity index (χ2v) is 7.03. The van der Waals surface area contributed by atoms with Crippen LogP contribution in [-0.2, 0) is 9.47 Å². The molecule has 27 heavy (non-hydrogen) atoms. The van der Waals surface area contributed by atoms with E-state index in [0.29, 0.717) is 26.4 Å². The summed E-state index contributed by atoms with van der Waals surface area (Å²) < 4.78 is 16.8. The summed E-state index contributed by atoms with van der Waals surface area (Å²) in [6.45, 7) is 5.59. The van der Waals surface area contributed by atoms with Gasteiger partial charge in [-0.2, -0.15) is 0 Å². The Labute approximate surface area is 167 Å². The van der Waals surface area contributed by atoms with Crippen LogP contribution in [0.25, 0.3) is 0 Å². The predicted octanol–water partition coefficient (Wildman–Crippen LogP) is 6.06. The Morgan fingerprint density at radius 2 is 1.30 bits per heavy atom. The quantitative estimate of drug-likeness (QED) is 0.297. The summed E-state index contributed by atoms with van der Waals surface area (Å²) >= 11 is 0. The molecule has 0 saturated carbocycles. The fourth-order valence-electron chi connectivity index (χ4n) is 2.97. The molecule has 1 rings (SSSR count). The van der Waals surface area contributed by atoms with Gasteiger partial charge in [-0.3, -0.25) is 0 Å². The van der Waals surface area contributed by atoms with Gasteiger partial charge in [0.05, 0.1) is 19.8 Å². The summed E-state index contributed by atoms with van der Waals surface area (Å²) in [6, 6.07) is 7.92. The molecule has 0 aliphatic heterocycles. The first-order chi connectivity index (χ1) is 13.4. The number of benzene rings is 1. The molecule has 0 atom stereocenters. The molecule has 0 unspecified atom stereocenters. The Hall–Kier alpha value is -1.26. The zero-order valence-corrected chi connectivity index (χ0v) is 17.6. The lowest BCUT2D eigenvalue weighted by Gasteiger charge is -2.09. The van der Waals surface area contributed by atoms with Gasteiger partial charge in [-0.05, 0) is 18.6 Å². The van der Waals surface area contributed by atoms with Gasteiger partial charge in [-0.25, -0.2) is 0 Å². The van der Waals surface area contributed by atoms with Crippen molar-refractivity contribution in [2.24, 2.45) is 0 Å². The third-order valence-corrected chi connectivity index (χ3v) is 4.63. The van der Waals surface area contributed by atoms with Crippen LogP contribution in [0.1, 0.15) is 71.1 Å². The number of nitrogens with one attached hydrogen (secondary N) is 1. The van der Waals surface area contributed by atoms with Crippen molar-refractivity contribution in [2.75, 3.05) is 45.4 Å². The number of hydrogen-bond acceptors (Lipinski definition) is 4. The molecule has 0 radical (unpaired) electrons. The second-order valence-electron chi connectivity index (χ2n) is 7.03. The first kappa shape index (κ1) is 23.8. The predicted molar refractivity (Wildman–Crippen MR) is 115 cm³/mol. The molecule has 0 amide bonds. The van der Waals surface area contributed by atoms with Crippen LogP contribution in [0.5, 0.6) is 5.75 Å². The molecule has 0 spiro atoms. The standard InChI is InChI=1S/C23H41NO3/c1-3-4-5-6-7-8-9-10-11-12-16-25-17-18-26-19-20-27-23-15-13-14-22(21-23)24-2/h13-15,21,24H,3-12,16-20H2,1-2H3. The van der Waals surface area contributed by atoms with Crippen LogP contribution in [0, 0.1) is 0 Å². The molecule has 156 valence electrons. The lowest BCUT2D eigenvalue weighted by molar-refractivity contribution is 0.0352. The first-order valence-corrected chi connectivity index (χ1v) is 10.9. The van der Waals surface area contributed by atoms with Gasteiger partial charge in [0.25, 0.3) is 0 Å². The fraction of sp³-hybridized carbons (Fsp3) is 0.739. The van der Waals surface area contributed by atoms with Crippen LogP contribution in [0.2, 0.25) is 0 Å². The highest BCUT2D eigenvalue weighted by atomic mass is 16.5. The molecule has 0 saturated heterocycles. The molecule has 0 aromatic heterocycles. The molecule has 1 aromatic rings. The number of ether oxygens (including phenoxy) is 3. The van der Waals surface area contributed by atoms with Gasteiger partial charge < -0.3 is 19.5 Å². The van der Waals surface area contributed by atoms with Gasteiger partial charge in [0, 0.05) is 25.4 Å². The van der Waals surface area contributed by atoms with E-state index in [1.165, 1.54) is 64.2 Å². The van der Waals surface area contributed by atoms with Crippen LogP contribution < -0.4 is 10.1 Å². The van der Waals surface area contributed by atoms with Crippen LogP contribution >= 0.6 is 0 Å². The fourth-order valence-corrected chi connectivity index (χ4v) is 2.97. The minimum absolute atomic E-state index is 0.561. The maximum Gasteiger partial charge on any atom is 0.121 e.